The molecule has 0 saturated heterocycles. The molecule has 1 aliphatic heterocycles. The normalized spacial score (nSPS) is 20.8. The van der Waals surface area contributed by atoms with Gasteiger partial charge in [-0.2, -0.15) is 0 Å². The molecule has 0 radical (unpaired) electrons. The van der Waals surface area contributed by atoms with Gasteiger partial charge in [-0.15, -0.1) is 11.8 Å². The van der Waals surface area contributed by atoms with Crippen molar-refractivity contribution in [3.8, 4) is 0 Å². The Morgan fingerprint density at radius 2 is 2.70 bits per heavy atom. The van der Waals surface area contributed by atoms with Gasteiger partial charge in [-0.25, -0.2) is 0 Å². The van der Waals surface area contributed by atoms with Crippen molar-refractivity contribution < 1.29 is 4.74 Å². The highest BCUT2D eigenvalue weighted by Gasteiger charge is 2.16. The maximum Gasteiger partial charge on any atom is 0.117 e. The topological polar surface area (TPSA) is 47.6 Å². The Bertz CT molecular complexity index is 134. The molecule has 0 amide bonds. The Morgan fingerprint density at radius 1 is 1.90 bits per heavy atom. The Hall–Kier alpha value is -0.0600. The van der Waals surface area contributed by atoms with Crippen LogP contribution in [-0.4, -0.2) is 37.1 Å². The first-order chi connectivity index (χ1) is 4.88. The predicted molar refractivity (Wildman–Crippen MR) is 44.6 cm³/mol. The third-order valence-corrected chi connectivity index (χ3v) is 2.46. The molecule has 0 aromatic carbocycles. The number of nitrogens with two attached hydrogens (primary N) is 1. The second-order valence-electron chi connectivity index (χ2n) is 2.03. The third-order valence-electron chi connectivity index (χ3n) is 1.38. The molecule has 10 heavy (non-hydrogen) atoms. The van der Waals surface area contributed by atoms with E-state index in [1.807, 2.05) is 0 Å². The van der Waals surface area contributed by atoms with Gasteiger partial charge in [0, 0.05) is 26.0 Å². The van der Waals surface area contributed by atoms with Gasteiger partial charge in [0.2, 0.25) is 0 Å². The van der Waals surface area contributed by atoms with E-state index in [0.717, 1.165) is 17.3 Å². The molecule has 0 aromatic rings. The van der Waals surface area contributed by atoms with Crippen LogP contribution in [0.5, 0.6) is 0 Å². The van der Waals surface area contributed by atoms with Gasteiger partial charge < -0.3 is 10.5 Å². The highest BCUT2D eigenvalue weighted by molar-refractivity contribution is 8.14. The number of hydrogen-bond donors (Lipinski definition) is 1. The fourth-order valence-electron chi connectivity index (χ4n) is 0.844. The summed E-state index contributed by atoms with van der Waals surface area (Å²) in [6, 6.07) is 0. The van der Waals surface area contributed by atoms with Gasteiger partial charge >= 0.3 is 0 Å². The lowest BCUT2D eigenvalue weighted by molar-refractivity contribution is 0.164. The third kappa shape index (κ3) is 1.71. The van der Waals surface area contributed by atoms with Crippen LogP contribution in [0, 0.1) is 0 Å². The molecule has 0 bridgehead atoms. The van der Waals surface area contributed by atoms with Crippen molar-refractivity contribution in [2.45, 2.75) is 6.10 Å². The first-order valence-corrected chi connectivity index (χ1v) is 4.27. The van der Waals surface area contributed by atoms with Gasteiger partial charge in [-0.05, 0) is 0 Å². The second-order valence-corrected chi connectivity index (χ2v) is 3.14. The Morgan fingerprint density at radius 3 is 3.10 bits per heavy atom. The SMILES string of the molecule is COC(CN)C1=NCCS1. The zero-order valence-corrected chi connectivity index (χ0v) is 6.86. The van der Waals surface area contributed by atoms with E-state index >= 15 is 0 Å². The first-order valence-electron chi connectivity index (χ1n) is 3.28. The number of thioether (sulfide) groups is 1. The first kappa shape index (κ1) is 8.04. The van der Waals surface area contributed by atoms with E-state index in [2.05, 4.69) is 4.99 Å². The second kappa shape index (κ2) is 3.95. The minimum atomic E-state index is 0.0347. The van der Waals surface area contributed by atoms with E-state index in [1.165, 1.54) is 0 Å². The summed E-state index contributed by atoms with van der Waals surface area (Å²) in [6.45, 7) is 1.45. The van der Waals surface area contributed by atoms with Gasteiger partial charge in [0.05, 0.1) is 5.04 Å². The molecule has 0 fully saturated rings. The molecule has 58 valence electrons. The molecule has 0 saturated carbocycles. The fraction of sp³-hybridized carbons (Fsp3) is 0.833. The summed E-state index contributed by atoms with van der Waals surface area (Å²) in [7, 11) is 1.67. The van der Waals surface area contributed by atoms with Gasteiger partial charge in [0.15, 0.2) is 0 Å². The van der Waals surface area contributed by atoms with Crippen molar-refractivity contribution in [1.29, 1.82) is 0 Å². The van der Waals surface area contributed by atoms with Gasteiger partial charge in [0.1, 0.15) is 6.10 Å². The van der Waals surface area contributed by atoms with Crippen LogP contribution < -0.4 is 5.73 Å². The maximum absolute atomic E-state index is 5.44. The van der Waals surface area contributed by atoms with Crippen molar-refractivity contribution in [2.24, 2.45) is 10.7 Å². The van der Waals surface area contributed by atoms with Gasteiger partial charge in [0.25, 0.3) is 0 Å². The molecule has 1 rings (SSSR count). The van der Waals surface area contributed by atoms with Crippen molar-refractivity contribution in [3.05, 3.63) is 0 Å². The van der Waals surface area contributed by atoms with Crippen molar-refractivity contribution in [3.63, 3.8) is 0 Å². The average molecular weight is 160 g/mol. The Kier molecular flexibility index (Phi) is 3.18. The number of nitrogens with zero attached hydrogens (tertiary/aromatic N) is 1. The van der Waals surface area contributed by atoms with Gasteiger partial charge in [-0.3, -0.25) is 4.99 Å². The van der Waals surface area contributed by atoms with E-state index in [-0.39, 0.29) is 6.10 Å². The molecule has 4 heteroatoms. The molecule has 1 atom stereocenters. The van der Waals surface area contributed by atoms with Crippen molar-refractivity contribution in [2.75, 3.05) is 26.0 Å². The molecule has 0 aliphatic carbocycles. The van der Waals surface area contributed by atoms with E-state index in [9.17, 15) is 0 Å². The summed E-state index contributed by atoms with van der Waals surface area (Å²) in [6.07, 6.45) is 0.0347. The monoisotopic (exact) mass is 160 g/mol. The fourth-order valence-corrected chi connectivity index (χ4v) is 1.80. The summed E-state index contributed by atoms with van der Waals surface area (Å²) >= 11 is 1.74. The molecule has 1 aliphatic rings. The van der Waals surface area contributed by atoms with Crippen LogP contribution in [0.4, 0.5) is 0 Å². The molecule has 3 nitrogen and oxygen atoms in total. The maximum atomic E-state index is 5.44. The molecule has 1 heterocycles. The van der Waals surface area contributed by atoms with Crippen LogP contribution in [0.25, 0.3) is 0 Å². The smallest absolute Gasteiger partial charge is 0.117 e. The number of hydrogen-bond acceptors (Lipinski definition) is 4. The van der Waals surface area contributed by atoms with E-state index in [1.54, 1.807) is 18.9 Å². The van der Waals surface area contributed by atoms with Crippen LogP contribution in [0.2, 0.25) is 0 Å². The lowest BCUT2D eigenvalue weighted by atomic mass is 10.4. The molecule has 2 N–H and O–H groups in total. The molecular weight excluding hydrogens is 148 g/mol. The highest BCUT2D eigenvalue weighted by Crippen LogP contribution is 2.15. The number of rotatable bonds is 3. The molecular formula is C6H12N2OS. The van der Waals surface area contributed by atoms with Crippen molar-refractivity contribution >= 4 is 16.8 Å². The summed E-state index contributed by atoms with van der Waals surface area (Å²) in [5, 5.41) is 1.06. The molecule has 0 spiro atoms. The lowest BCUT2D eigenvalue weighted by Gasteiger charge is -2.10. The van der Waals surface area contributed by atoms with Crippen LogP contribution in [-0.2, 0) is 4.74 Å². The molecule has 1 unspecified atom stereocenters. The van der Waals surface area contributed by atoms with Crippen molar-refractivity contribution in [1.82, 2.24) is 0 Å². The minimum Gasteiger partial charge on any atom is -0.373 e. The minimum absolute atomic E-state index is 0.0347. The van der Waals surface area contributed by atoms with Crippen LogP contribution in [0.3, 0.4) is 0 Å². The average Bonchev–Trinajstić information content (AvgIpc) is 2.43. The molecule has 0 aromatic heterocycles. The van der Waals surface area contributed by atoms with Crippen LogP contribution in [0.15, 0.2) is 4.99 Å². The van der Waals surface area contributed by atoms with E-state index in [4.69, 9.17) is 10.5 Å². The summed E-state index contributed by atoms with van der Waals surface area (Å²) < 4.78 is 5.11. The highest BCUT2D eigenvalue weighted by atomic mass is 32.2. The zero-order chi connectivity index (χ0) is 7.40. The summed E-state index contributed by atoms with van der Waals surface area (Å²) in [5.41, 5.74) is 5.44. The Labute approximate surface area is 65.0 Å². The van der Waals surface area contributed by atoms with Crippen LogP contribution in [0.1, 0.15) is 0 Å². The number of aliphatic imine (C=N–C) groups is 1. The lowest BCUT2D eigenvalue weighted by Crippen LogP contribution is -2.28. The standard InChI is InChI=1S/C6H12N2OS/c1-9-5(4-7)6-8-2-3-10-6/h5H,2-4,7H2,1H3. The Balaban J connectivity index is 2.44. The largest absolute Gasteiger partial charge is 0.373 e. The summed E-state index contributed by atoms with van der Waals surface area (Å²) in [5.74, 6) is 1.08. The van der Waals surface area contributed by atoms with E-state index in [0.29, 0.717) is 6.54 Å². The van der Waals surface area contributed by atoms with E-state index < -0.39 is 0 Å². The zero-order valence-electron chi connectivity index (χ0n) is 6.04. The predicted octanol–water partition coefficient (Wildman–Crippen LogP) is 0.105. The number of methoxy groups -OCH3 is 1. The van der Waals surface area contributed by atoms with Crippen LogP contribution >= 0.6 is 11.8 Å². The van der Waals surface area contributed by atoms with Gasteiger partial charge in [-0.1, -0.05) is 0 Å². The quantitative estimate of drug-likeness (QED) is 0.637. The number of ether oxygens (including phenoxy) is 1. The summed E-state index contributed by atoms with van der Waals surface area (Å²) in [4.78, 5) is 4.25.